The fourth-order valence-corrected chi connectivity index (χ4v) is 9.53. The standard InChI is InChI=1S/C60H118O3/c1-2-3-4-5-6-7-8-9-10-11-12-27-30-33-36-39-42-45-48-51-54-57-60(62)63-59-56-53-50-47-44-41-38-35-32-29-26-24-22-20-18-16-14-13-15-17-19-21-23-25-28-31-34-37-40-43-46-49-52-55-58-61/h9-10,61H,2-8,11-59H2,1H3. The Labute approximate surface area is 398 Å². The van der Waals surface area contributed by atoms with Crippen molar-refractivity contribution in [3.8, 4) is 0 Å². The summed E-state index contributed by atoms with van der Waals surface area (Å²) >= 11 is 0. The number of unbranched alkanes of at least 4 members (excludes halogenated alkanes) is 50. The molecule has 0 fully saturated rings. The lowest BCUT2D eigenvalue weighted by molar-refractivity contribution is -0.143. The summed E-state index contributed by atoms with van der Waals surface area (Å²) in [4.78, 5) is 12.1. The minimum Gasteiger partial charge on any atom is -0.466 e. The molecule has 0 aliphatic carbocycles. The number of hydrogen-bond donors (Lipinski definition) is 1. The third-order valence-electron chi connectivity index (χ3n) is 14.0. The Kier molecular flexibility index (Phi) is 58.4. The molecular formula is C60H118O3. The summed E-state index contributed by atoms with van der Waals surface area (Å²) in [6.45, 7) is 3.29. The summed E-state index contributed by atoms with van der Waals surface area (Å²) < 4.78 is 5.51. The fraction of sp³-hybridized carbons (Fsp3) is 0.950. The van der Waals surface area contributed by atoms with E-state index in [1.807, 2.05) is 0 Å². The van der Waals surface area contributed by atoms with Gasteiger partial charge in [0.25, 0.3) is 0 Å². The molecular weight excluding hydrogens is 769 g/mol. The van der Waals surface area contributed by atoms with Gasteiger partial charge < -0.3 is 9.84 Å². The summed E-state index contributed by atoms with van der Waals surface area (Å²) in [6, 6.07) is 0. The average Bonchev–Trinajstić information content (AvgIpc) is 3.29. The summed E-state index contributed by atoms with van der Waals surface area (Å²) in [5.74, 6) is 0.0293. The second-order valence-electron chi connectivity index (χ2n) is 20.4. The molecule has 1 N–H and O–H groups in total. The van der Waals surface area contributed by atoms with Crippen molar-refractivity contribution in [2.45, 2.75) is 354 Å². The van der Waals surface area contributed by atoms with Gasteiger partial charge in [-0.05, 0) is 44.9 Å². The molecule has 0 rings (SSSR count). The van der Waals surface area contributed by atoms with Crippen molar-refractivity contribution in [2.75, 3.05) is 13.2 Å². The first-order valence-corrected chi connectivity index (χ1v) is 29.7. The Morgan fingerprint density at radius 2 is 0.524 bits per heavy atom. The molecule has 0 radical (unpaired) electrons. The molecule has 0 saturated carbocycles. The van der Waals surface area contributed by atoms with Crippen LogP contribution in [0.3, 0.4) is 0 Å². The molecule has 0 aromatic carbocycles. The molecule has 0 amide bonds. The van der Waals surface area contributed by atoms with Gasteiger partial charge in [-0.25, -0.2) is 0 Å². The van der Waals surface area contributed by atoms with E-state index in [1.54, 1.807) is 0 Å². The zero-order valence-electron chi connectivity index (χ0n) is 43.5. The van der Waals surface area contributed by atoms with Crippen LogP contribution in [0.2, 0.25) is 0 Å². The number of allylic oxidation sites excluding steroid dienone is 2. The van der Waals surface area contributed by atoms with Crippen molar-refractivity contribution in [3.05, 3.63) is 12.2 Å². The van der Waals surface area contributed by atoms with Gasteiger partial charge in [-0.1, -0.05) is 314 Å². The van der Waals surface area contributed by atoms with Gasteiger partial charge in [0.05, 0.1) is 6.61 Å². The van der Waals surface area contributed by atoms with Gasteiger partial charge in [-0.15, -0.1) is 0 Å². The van der Waals surface area contributed by atoms with Gasteiger partial charge in [0.15, 0.2) is 0 Å². The molecule has 0 aromatic rings. The number of aliphatic hydroxyl groups excluding tert-OH is 1. The third-order valence-corrected chi connectivity index (χ3v) is 14.0. The van der Waals surface area contributed by atoms with Crippen molar-refractivity contribution < 1.29 is 14.6 Å². The van der Waals surface area contributed by atoms with Gasteiger partial charge in [-0.3, -0.25) is 4.79 Å². The normalized spacial score (nSPS) is 11.7. The smallest absolute Gasteiger partial charge is 0.305 e. The van der Waals surface area contributed by atoms with Crippen LogP contribution in [-0.4, -0.2) is 24.3 Å². The van der Waals surface area contributed by atoms with E-state index >= 15 is 0 Å². The van der Waals surface area contributed by atoms with Crippen LogP contribution in [0.1, 0.15) is 354 Å². The number of rotatable bonds is 57. The maximum Gasteiger partial charge on any atom is 0.305 e. The molecule has 0 bridgehead atoms. The number of hydrogen-bond acceptors (Lipinski definition) is 3. The van der Waals surface area contributed by atoms with Crippen LogP contribution >= 0.6 is 0 Å². The van der Waals surface area contributed by atoms with Crippen molar-refractivity contribution >= 4 is 5.97 Å². The summed E-state index contributed by atoms with van der Waals surface area (Å²) in [7, 11) is 0. The van der Waals surface area contributed by atoms with E-state index in [0.29, 0.717) is 19.6 Å². The molecule has 0 atom stereocenters. The van der Waals surface area contributed by atoms with Crippen LogP contribution < -0.4 is 0 Å². The zero-order valence-corrected chi connectivity index (χ0v) is 43.5. The predicted molar refractivity (Wildman–Crippen MR) is 282 cm³/mol. The molecule has 0 aliphatic heterocycles. The highest BCUT2D eigenvalue weighted by atomic mass is 16.5. The predicted octanol–water partition coefficient (Wildman–Crippen LogP) is 21.2. The van der Waals surface area contributed by atoms with E-state index in [0.717, 1.165) is 19.3 Å². The Morgan fingerprint density at radius 1 is 0.302 bits per heavy atom. The topological polar surface area (TPSA) is 46.5 Å². The SMILES string of the molecule is CCCCCCCCC=CCCCCCCCCCCCCCC(=O)OCCCCCCCCCCCCCCCCCCCCCCCCCCCCCCCCCCCCO. The first-order chi connectivity index (χ1) is 31.3. The third kappa shape index (κ3) is 59.2. The van der Waals surface area contributed by atoms with Crippen molar-refractivity contribution in [1.29, 1.82) is 0 Å². The molecule has 0 saturated heterocycles. The maximum absolute atomic E-state index is 12.1. The van der Waals surface area contributed by atoms with Gasteiger partial charge in [0.2, 0.25) is 0 Å². The van der Waals surface area contributed by atoms with Crippen LogP contribution in [0.4, 0.5) is 0 Å². The van der Waals surface area contributed by atoms with Crippen molar-refractivity contribution in [1.82, 2.24) is 0 Å². The Balaban J connectivity index is 3.15. The lowest BCUT2D eigenvalue weighted by atomic mass is 10.0. The number of aliphatic hydroxyl groups is 1. The van der Waals surface area contributed by atoms with Gasteiger partial charge in [0.1, 0.15) is 0 Å². The monoisotopic (exact) mass is 887 g/mol. The molecule has 63 heavy (non-hydrogen) atoms. The second kappa shape index (κ2) is 59.2. The molecule has 0 aromatic heterocycles. The van der Waals surface area contributed by atoms with Gasteiger partial charge in [0, 0.05) is 13.0 Å². The summed E-state index contributed by atoms with van der Waals surface area (Å²) in [5, 5.41) is 8.83. The number of ether oxygens (including phenoxy) is 1. The molecule has 0 aliphatic rings. The van der Waals surface area contributed by atoms with E-state index in [1.165, 1.54) is 321 Å². The minimum atomic E-state index is 0.0293. The fourth-order valence-electron chi connectivity index (χ4n) is 9.53. The van der Waals surface area contributed by atoms with Crippen LogP contribution in [-0.2, 0) is 9.53 Å². The van der Waals surface area contributed by atoms with Crippen LogP contribution in [0.15, 0.2) is 12.2 Å². The molecule has 376 valence electrons. The van der Waals surface area contributed by atoms with Crippen LogP contribution in [0, 0.1) is 0 Å². The van der Waals surface area contributed by atoms with E-state index < -0.39 is 0 Å². The van der Waals surface area contributed by atoms with Crippen molar-refractivity contribution in [3.63, 3.8) is 0 Å². The van der Waals surface area contributed by atoms with E-state index in [-0.39, 0.29) is 5.97 Å². The first kappa shape index (κ1) is 62.2. The lowest BCUT2D eigenvalue weighted by Gasteiger charge is -2.06. The van der Waals surface area contributed by atoms with E-state index in [4.69, 9.17) is 9.84 Å². The van der Waals surface area contributed by atoms with Gasteiger partial charge >= 0.3 is 5.97 Å². The summed E-state index contributed by atoms with van der Waals surface area (Å²) in [6.07, 6.45) is 78.4. The first-order valence-electron chi connectivity index (χ1n) is 29.7. The van der Waals surface area contributed by atoms with Crippen LogP contribution in [0.5, 0.6) is 0 Å². The molecule has 0 unspecified atom stereocenters. The van der Waals surface area contributed by atoms with E-state index in [2.05, 4.69) is 19.1 Å². The highest BCUT2D eigenvalue weighted by Crippen LogP contribution is 2.18. The van der Waals surface area contributed by atoms with Crippen molar-refractivity contribution in [2.24, 2.45) is 0 Å². The Morgan fingerprint density at radius 3 is 0.794 bits per heavy atom. The molecule has 0 spiro atoms. The number of esters is 1. The minimum absolute atomic E-state index is 0.0293. The Bertz CT molecular complexity index is 837. The Hall–Kier alpha value is -0.830. The van der Waals surface area contributed by atoms with Crippen LogP contribution in [0.25, 0.3) is 0 Å². The molecule has 3 heteroatoms. The largest absolute Gasteiger partial charge is 0.466 e. The number of carbonyl (C=O) groups excluding carboxylic acids is 1. The molecule has 0 heterocycles. The second-order valence-corrected chi connectivity index (χ2v) is 20.4. The highest BCUT2D eigenvalue weighted by Gasteiger charge is 2.03. The lowest BCUT2D eigenvalue weighted by Crippen LogP contribution is -2.05. The van der Waals surface area contributed by atoms with Gasteiger partial charge in [-0.2, -0.15) is 0 Å². The number of carbonyl (C=O) groups is 1. The average molecular weight is 888 g/mol. The van der Waals surface area contributed by atoms with E-state index in [9.17, 15) is 4.79 Å². The molecule has 3 nitrogen and oxygen atoms in total. The zero-order chi connectivity index (χ0) is 45.3. The highest BCUT2D eigenvalue weighted by molar-refractivity contribution is 5.69. The summed E-state index contributed by atoms with van der Waals surface area (Å²) in [5.41, 5.74) is 0. The quantitative estimate of drug-likeness (QED) is 0.0376. The maximum atomic E-state index is 12.1.